The molecule has 0 aliphatic carbocycles. The average Bonchev–Trinajstić information content (AvgIpc) is 3.14. The van der Waals surface area contributed by atoms with Crippen molar-refractivity contribution in [2.75, 3.05) is 0 Å². The molecule has 0 radical (unpaired) electrons. The van der Waals surface area contributed by atoms with E-state index in [0.29, 0.717) is 0 Å². The number of hydrogen-bond acceptors (Lipinski definition) is 3. The van der Waals surface area contributed by atoms with E-state index in [1.54, 1.807) is 18.3 Å². The number of aryl methyl sites for hydroxylation is 1. The first-order valence-electron chi connectivity index (χ1n) is 6.97. The molecule has 5 heteroatoms. The van der Waals surface area contributed by atoms with E-state index in [9.17, 15) is 5.11 Å². The van der Waals surface area contributed by atoms with Gasteiger partial charge in [-0.3, -0.25) is 9.25 Å². The Hall–Kier alpha value is -3.08. The quantitative estimate of drug-likeness (QED) is 0.617. The molecule has 0 aliphatic rings. The Morgan fingerprint density at radius 2 is 2.00 bits per heavy atom. The minimum Gasteiger partial charge on any atom is -0.508 e. The van der Waals surface area contributed by atoms with Crippen LogP contribution in [0, 0.1) is 0 Å². The molecule has 0 saturated carbocycles. The molecule has 1 N–H and O–H groups in total. The van der Waals surface area contributed by atoms with Crippen LogP contribution >= 0.6 is 0 Å². The fourth-order valence-electron chi connectivity index (χ4n) is 2.67. The van der Waals surface area contributed by atoms with Crippen LogP contribution in [0.25, 0.3) is 28.0 Å². The number of rotatable bonds is 2. The number of nitrogens with zero attached hydrogens (tertiary/aromatic N) is 4. The summed E-state index contributed by atoms with van der Waals surface area (Å²) in [6.45, 7) is 0. The van der Waals surface area contributed by atoms with E-state index >= 15 is 0 Å². The highest BCUT2D eigenvalue weighted by Crippen LogP contribution is 2.26. The third-order valence-electron chi connectivity index (χ3n) is 3.75. The molecular formula is C17H14N4O. The van der Waals surface area contributed by atoms with Crippen molar-refractivity contribution in [1.82, 2.24) is 19.3 Å². The van der Waals surface area contributed by atoms with E-state index in [1.807, 2.05) is 53.0 Å². The Kier molecular flexibility index (Phi) is 2.72. The van der Waals surface area contributed by atoms with Crippen LogP contribution in [0.4, 0.5) is 0 Å². The first-order valence-corrected chi connectivity index (χ1v) is 6.97. The van der Waals surface area contributed by atoms with Gasteiger partial charge in [-0.05, 0) is 30.3 Å². The normalized spacial score (nSPS) is 11.1. The molecule has 0 aliphatic heterocycles. The van der Waals surface area contributed by atoms with Gasteiger partial charge in [-0.25, -0.2) is 4.98 Å². The summed E-state index contributed by atoms with van der Waals surface area (Å²) in [5, 5.41) is 15.0. The molecule has 4 rings (SSSR count). The Balaban J connectivity index is 1.87. The van der Waals surface area contributed by atoms with Gasteiger partial charge in [0.05, 0.1) is 11.7 Å². The summed E-state index contributed by atoms with van der Waals surface area (Å²) in [7, 11) is 1.93. The molecule has 4 aromatic rings. The second-order valence-electron chi connectivity index (χ2n) is 5.18. The van der Waals surface area contributed by atoms with Crippen molar-refractivity contribution in [2.24, 2.45) is 7.05 Å². The SMILES string of the molecule is Cn1ncc2cc(-n3ccnc3-c3cccc(O)c3)ccc21. The molecular weight excluding hydrogens is 276 g/mol. The molecule has 0 saturated heterocycles. The largest absolute Gasteiger partial charge is 0.508 e. The molecule has 108 valence electrons. The summed E-state index contributed by atoms with van der Waals surface area (Å²) in [6.07, 6.45) is 5.52. The monoisotopic (exact) mass is 290 g/mol. The summed E-state index contributed by atoms with van der Waals surface area (Å²) < 4.78 is 3.85. The van der Waals surface area contributed by atoms with Crippen LogP contribution in [0.1, 0.15) is 0 Å². The zero-order chi connectivity index (χ0) is 15.1. The maximum absolute atomic E-state index is 9.67. The summed E-state index contributed by atoms with van der Waals surface area (Å²) in [4.78, 5) is 4.42. The Bertz CT molecular complexity index is 968. The Morgan fingerprint density at radius 1 is 1.09 bits per heavy atom. The van der Waals surface area contributed by atoms with Gasteiger partial charge in [0.2, 0.25) is 0 Å². The van der Waals surface area contributed by atoms with Crippen molar-refractivity contribution >= 4 is 10.9 Å². The van der Waals surface area contributed by atoms with E-state index in [1.165, 1.54) is 0 Å². The van der Waals surface area contributed by atoms with Crippen LogP contribution in [0.2, 0.25) is 0 Å². The van der Waals surface area contributed by atoms with Crippen molar-refractivity contribution in [2.45, 2.75) is 0 Å². The molecule has 0 spiro atoms. The molecule has 0 bridgehead atoms. The minimum absolute atomic E-state index is 0.231. The number of aromatic nitrogens is 4. The van der Waals surface area contributed by atoms with E-state index in [2.05, 4.69) is 16.1 Å². The predicted octanol–water partition coefficient (Wildman–Crippen LogP) is 3.13. The van der Waals surface area contributed by atoms with Gasteiger partial charge in [0.1, 0.15) is 11.6 Å². The van der Waals surface area contributed by atoms with Gasteiger partial charge < -0.3 is 5.11 Å². The van der Waals surface area contributed by atoms with Crippen LogP contribution < -0.4 is 0 Å². The van der Waals surface area contributed by atoms with Gasteiger partial charge in [-0.1, -0.05) is 12.1 Å². The number of phenolic OH excluding ortho intramolecular Hbond substituents is 1. The molecule has 22 heavy (non-hydrogen) atoms. The van der Waals surface area contributed by atoms with Gasteiger partial charge in [0, 0.05) is 36.1 Å². The number of imidazole rings is 1. The van der Waals surface area contributed by atoms with Crippen LogP contribution in [-0.4, -0.2) is 24.4 Å². The molecule has 2 aromatic carbocycles. The Labute approximate surface area is 127 Å². The molecule has 5 nitrogen and oxygen atoms in total. The van der Waals surface area contributed by atoms with Crippen molar-refractivity contribution in [3.8, 4) is 22.8 Å². The number of aromatic hydroxyl groups is 1. The highest BCUT2D eigenvalue weighted by atomic mass is 16.3. The second kappa shape index (κ2) is 4.73. The van der Waals surface area contributed by atoms with Gasteiger partial charge in [-0.2, -0.15) is 5.10 Å². The van der Waals surface area contributed by atoms with Gasteiger partial charge in [0.25, 0.3) is 0 Å². The van der Waals surface area contributed by atoms with Crippen molar-refractivity contribution < 1.29 is 5.11 Å². The van der Waals surface area contributed by atoms with Crippen molar-refractivity contribution in [1.29, 1.82) is 0 Å². The zero-order valence-corrected chi connectivity index (χ0v) is 12.0. The predicted molar refractivity (Wildman–Crippen MR) is 84.9 cm³/mol. The molecule has 2 heterocycles. The number of fused-ring (bicyclic) bond motifs is 1. The molecule has 0 unspecified atom stereocenters. The molecule has 0 atom stereocenters. The topological polar surface area (TPSA) is 55.9 Å². The van der Waals surface area contributed by atoms with E-state index in [0.717, 1.165) is 28.0 Å². The number of phenols is 1. The van der Waals surface area contributed by atoms with E-state index in [-0.39, 0.29) is 5.75 Å². The summed E-state index contributed by atoms with van der Waals surface area (Å²) in [6, 6.07) is 13.3. The van der Waals surface area contributed by atoms with Crippen LogP contribution in [0.15, 0.2) is 61.1 Å². The van der Waals surface area contributed by atoms with E-state index < -0.39 is 0 Å². The zero-order valence-electron chi connectivity index (χ0n) is 12.0. The van der Waals surface area contributed by atoms with Crippen molar-refractivity contribution in [3.63, 3.8) is 0 Å². The fraction of sp³-hybridized carbons (Fsp3) is 0.0588. The minimum atomic E-state index is 0.231. The lowest BCUT2D eigenvalue weighted by atomic mass is 10.2. The van der Waals surface area contributed by atoms with Gasteiger partial charge >= 0.3 is 0 Å². The maximum atomic E-state index is 9.67. The first kappa shape index (κ1) is 12.6. The number of benzene rings is 2. The lowest BCUT2D eigenvalue weighted by Gasteiger charge is -2.08. The molecule has 0 fully saturated rings. The smallest absolute Gasteiger partial charge is 0.144 e. The third kappa shape index (κ3) is 1.95. The van der Waals surface area contributed by atoms with E-state index in [4.69, 9.17) is 0 Å². The highest BCUT2D eigenvalue weighted by molar-refractivity contribution is 5.81. The summed E-state index contributed by atoms with van der Waals surface area (Å²) in [5.41, 5.74) is 2.97. The van der Waals surface area contributed by atoms with Gasteiger partial charge in [0.15, 0.2) is 0 Å². The second-order valence-corrected chi connectivity index (χ2v) is 5.18. The standard InChI is InChI=1S/C17H14N4O/c1-20-16-6-5-14(9-13(16)11-19-20)21-8-7-18-17(21)12-3-2-4-15(22)10-12/h2-11,22H,1H3. The van der Waals surface area contributed by atoms with Crippen LogP contribution in [0.3, 0.4) is 0 Å². The van der Waals surface area contributed by atoms with Crippen molar-refractivity contribution in [3.05, 3.63) is 61.1 Å². The van der Waals surface area contributed by atoms with Gasteiger partial charge in [-0.15, -0.1) is 0 Å². The Morgan fingerprint density at radius 3 is 2.86 bits per heavy atom. The maximum Gasteiger partial charge on any atom is 0.144 e. The first-order chi connectivity index (χ1) is 10.7. The summed E-state index contributed by atoms with van der Waals surface area (Å²) in [5.74, 6) is 1.02. The average molecular weight is 290 g/mol. The van der Waals surface area contributed by atoms with Crippen LogP contribution in [0.5, 0.6) is 5.75 Å². The summed E-state index contributed by atoms with van der Waals surface area (Å²) >= 11 is 0. The lowest BCUT2D eigenvalue weighted by Crippen LogP contribution is -1.96. The lowest BCUT2D eigenvalue weighted by molar-refractivity contribution is 0.475. The molecule has 0 amide bonds. The fourth-order valence-corrected chi connectivity index (χ4v) is 2.67. The third-order valence-corrected chi connectivity index (χ3v) is 3.75. The highest BCUT2D eigenvalue weighted by Gasteiger charge is 2.09. The van der Waals surface area contributed by atoms with Crippen LogP contribution in [-0.2, 0) is 7.05 Å². The molecule has 2 aromatic heterocycles. The number of hydrogen-bond donors (Lipinski definition) is 1.